The molecule has 0 radical (unpaired) electrons. The summed E-state index contributed by atoms with van der Waals surface area (Å²) < 4.78 is 29.0. The number of halogens is 2. The SMILES string of the molecule is Cc1ccc2nc(C)cc(C(=O)NCc3cccc(OC(F)F)c3)c2c1. The summed E-state index contributed by atoms with van der Waals surface area (Å²) in [6, 6.07) is 13.8. The summed E-state index contributed by atoms with van der Waals surface area (Å²) in [6.45, 7) is 1.11. The largest absolute Gasteiger partial charge is 0.435 e. The number of carbonyl (C=O) groups is 1. The molecule has 0 aliphatic rings. The number of aryl methyl sites for hydroxylation is 2. The van der Waals surface area contributed by atoms with Gasteiger partial charge in [-0.15, -0.1) is 0 Å². The van der Waals surface area contributed by atoms with E-state index in [1.165, 1.54) is 12.1 Å². The molecule has 0 atom stereocenters. The molecular weight excluding hydrogens is 338 g/mol. The van der Waals surface area contributed by atoms with Crippen molar-refractivity contribution >= 4 is 16.8 Å². The monoisotopic (exact) mass is 356 g/mol. The molecule has 2 aromatic carbocycles. The highest BCUT2D eigenvalue weighted by Crippen LogP contribution is 2.20. The quantitative estimate of drug-likeness (QED) is 0.738. The van der Waals surface area contributed by atoms with Gasteiger partial charge >= 0.3 is 6.61 Å². The lowest BCUT2D eigenvalue weighted by molar-refractivity contribution is -0.0498. The third-order valence-corrected chi connectivity index (χ3v) is 3.91. The van der Waals surface area contributed by atoms with Crippen molar-refractivity contribution < 1.29 is 18.3 Å². The standard InChI is InChI=1S/C20H18F2N2O2/c1-12-6-7-18-16(8-12)17(9-13(2)24-18)19(25)23-11-14-4-3-5-15(10-14)26-20(21)22/h3-10,20H,11H2,1-2H3,(H,23,25). The summed E-state index contributed by atoms with van der Waals surface area (Å²) in [5.74, 6) is -0.182. The van der Waals surface area contributed by atoms with E-state index < -0.39 is 6.61 Å². The van der Waals surface area contributed by atoms with E-state index in [0.717, 1.165) is 22.2 Å². The van der Waals surface area contributed by atoms with Gasteiger partial charge in [-0.1, -0.05) is 23.8 Å². The third-order valence-electron chi connectivity index (χ3n) is 3.91. The molecule has 0 aliphatic carbocycles. The number of pyridine rings is 1. The Kier molecular flexibility index (Phi) is 5.11. The van der Waals surface area contributed by atoms with Crippen molar-refractivity contribution in [3.05, 3.63) is 70.9 Å². The van der Waals surface area contributed by atoms with E-state index in [2.05, 4.69) is 15.0 Å². The Bertz CT molecular complexity index is 958. The zero-order valence-electron chi connectivity index (χ0n) is 14.4. The number of nitrogens with one attached hydrogen (secondary N) is 1. The van der Waals surface area contributed by atoms with Gasteiger partial charge in [-0.2, -0.15) is 8.78 Å². The number of aromatic nitrogens is 1. The van der Waals surface area contributed by atoms with Crippen LogP contribution in [-0.4, -0.2) is 17.5 Å². The molecule has 1 N–H and O–H groups in total. The van der Waals surface area contributed by atoms with E-state index in [-0.39, 0.29) is 18.2 Å². The third kappa shape index (κ3) is 4.14. The van der Waals surface area contributed by atoms with Crippen molar-refractivity contribution in [1.29, 1.82) is 0 Å². The first-order valence-electron chi connectivity index (χ1n) is 8.12. The smallest absolute Gasteiger partial charge is 0.387 e. The van der Waals surface area contributed by atoms with E-state index in [1.807, 2.05) is 32.0 Å². The maximum absolute atomic E-state index is 12.7. The summed E-state index contributed by atoms with van der Waals surface area (Å²) in [6.07, 6.45) is 0. The zero-order chi connectivity index (χ0) is 18.7. The van der Waals surface area contributed by atoms with Gasteiger partial charge < -0.3 is 10.1 Å². The fourth-order valence-corrected chi connectivity index (χ4v) is 2.77. The van der Waals surface area contributed by atoms with Gasteiger partial charge in [0.2, 0.25) is 0 Å². The summed E-state index contributed by atoms with van der Waals surface area (Å²) in [5, 5.41) is 3.61. The van der Waals surface area contributed by atoms with Crippen molar-refractivity contribution in [3.8, 4) is 5.75 Å². The van der Waals surface area contributed by atoms with Crippen LogP contribution in [0.15, 0.2) is 48.5 Å². The molecule has 0 aliphatic heterocycles. The lowest BCUT2D eigenvalue weighted by atomic mass is 10.0. The highest BCUT2D eigenvalue weighted by molar-refractivity contribution is 6.06. The second kappa shape index (κ2) is 7.47. The van der Waals surface area contributed by atoms with Crippen molar-refractivity contribution in [2.75, 3.05) is 0 Å². The van der Waals surface area contributed by atoms with Gasteiger partial charge in [0.15, 0.2) is 0 Å². The molecule has 0 saturated carbocycles. The number of hydrogen-bond acceptors (Lipinski definition) is 3. The number of amides is 1. The van der Waals surface area contributed by atoms with Gasteiger partial charge in [0, 0.05) is 17.6 Å². The fourth-order valence-electron chi connectivity index (χ4n) is 2.77. The van der Waals surface area contributed by atoms with Crippen LogP contribution < -0.4 is 10.1 Å². The average Bonchev–Trinajstić information content (AvgIpc) is 2.59. The number of ether oxygens (including phenoxy) is 1. The lowest BCUT2D eigenvalue weighted by Gasteiger charge is -2.11. The summed E-state index contributed by atoms with van der Waals surface area (Å²) in [7, 11) is 0. The minimum Gasteiger partial charge on any atom is -0.435 e. The number of nitrogens with zero attached hydrogens (tertiary/aromatic N) is 1. The molecule has 0 saturated heterocycles. The molecule has 1 amide bonds. The molecule has 0 fully saturated rings. The Morgan fingerprint density at radius 1 is 1.15 bits per heavy atom. The summed E-state index contributed by atoms with van der Waals surface area (Å²) >= 11 is 0. The van der Waals surface area contributed by atoms with Gasteiger partial charge in [-0.3, -0.25) is 9.78 Å². The van der Waals surface area contributed by atoms with Crippen LogP contribution in [0.1, 0.15) is 27.2 Å². The molecule has 1 heterocycles. The fraction of sp³-hybridized carbons (Fsp3) is 0.200. The van der Waals surface area contributed by atoms with E-state index in [9.17, 15) is 13.6 Å². The summed E-state index contributed by atoms with van der Waals surface area (Å²) in [4.78, 5) is 17.1. The molecule has 3 aromatic rings. The first-order valence-corrected chi connectivity index (χ1v) is 8.12. The van der Waals surface area contributed by atoms with E-state index in [0.29, 0.717) is 11.1 Å². The molecule has 0 bridgehead atoms. The second-order valence-corrected chi connectivity index (χ2v) is 6.04. The van der Waals surface area contributed by atoms with Crippen LogP contribution in [0.25, 0.3) is 10.9 Å². The highest BCUT2D eigenvalue weighted by atomic mass is 19.3. The van der Waals surface area contributed by atoms with E-state index >= 15 is 0 Å². The van der Waals surface area contributed by atoms with Gasteiger partial charge in [-0.25, -0.2) is 0 Å². The van der Waals surface area contributed by atoms with Crippen molar-refractivity contribution in [2.45, 2.75) is 27.0 Å². The zero-order valence-corrected chi connectivity index (χ0v) is 14.4. The maximum Gasteiger partial charge on any atom is 0.387 e. The maximum atomic E-state index is 12.7. The molecule has 0 spiro atoms. The van der Waals surface area contributed by atoms with Gasteiger partial charge in [0.1, 0.15) is 5.75 Å². The number of carbonyl (C=O) groups excluding carboxylic acids is 1. The van der Waals surface area contributed by atoms with Crippen LogP contribution in [0.2, 0.25) is 0 Å². The van der Waals surface area contributed by atoms with E-state index in [4.69, 9.17) is 0 Å². The van der Waals surface area contributed by atoms with Crippen LogP contribution >= 0.6 is 0 Å². The van der Waals surface area contributed by atoms with Crippen LogP contribution in [-0.2, 0) is 6.54 Å². The van der Waals surface area contributed by atoms with Gasteiger partial charge in [-0.05, 0) is 49.7 Å². The number of rotatable bonds is 5. The molecule has 6 heteroatoms. The minimum atomic E-state index is -2.88. The Balaban J connectivity index is 1.81. The van der Waals surface area contributed by atoms with Gasteiger partial charge in [0.05, 0.1) is 11.1 Å². The molecular formula is C20H18F2N2O2. The number of hydrogen-bond donors (Lipinski definition) is 1. The van der Waals surface area contributed by atoms with Crippen molar-refractivity contribution in [3.63, 3.8) is 0 Å². The Morgan fingerprint density at radius 2 is 1.96 bits per heavy atom. The molecule has 4 nitrogen and oxygen atoms in total. The lowest BCUT2D eigenvalue weighted by Crippen LogP contribution is -2.23. The molecule has 0 unspecified atom stereocenters. The Hall–Kier alpha value is -3.02. The predicted octanol–water partition coefficient (Wildman–Crippen LogP) is 4.38. The van der Waals surface area contributed by atoms with Gasteiger partial charge in [0.25, 0.3) is 5.91 Å². The van der Waals surface area contributed by atoms with Crippen molar-refractivity contribution in [2.24, 2.45) is 0 Å². The molecule has 26 heavy (non-hydrogen) atoms. The predicted molar refractivity (Wildman–Crippen MR) is 95.5 cm³/mol. The topological polar surface area (TPSA) is 51.2 Å². The highest BCUT2D eigenvalue weighted by Gasteiger charge is 2.12. The van der Waals surface area contributed by atoms with Crippen LogP contribution in [0.5, 0.6) is 5.75 Å². The Morgan fingerprint density at radius 3 is 2.73 bits per heavy atom. The normalized spacial score (nSPS) is 11.0. The van der Waals surface area contributed by atoms with Crippen molar-refractivity contribution in [1.82, 2.24) is 10.3 Å². The first kappa shape index (κ1) is 17.8. The minimum absolute atomic E-state index is 0.0626. The average molecular weight is 356 g/mol. The van der Waals surface area contributed by atoms with Crippen LogP contribution in [0.3, 0.4) is 0 Å². The number of alkyl halides is 2. The second-order valence-electron chi connectivity index (χ2n) is 6.04. The number of benzene rings is 2. The van der Waals surface area contributed by atoms with Crippen LogP contribution in [0.4, 0.5) is 8.78 Å². The first-order chi connectivity index (χ1) is 12.4. The molecule has 3 rings (SSSR count). The summed E-state index contributed by atoms with van der Waals surface area (Å²) in [5.41, 5.74) is 3.75. The van der Waals surface area contributed by atoms with E-state index in [1.54, 1.807) is 18.2 Å². The molecule has 134 valence electrons. The molecule has 1 aromatic heterocycles. The number of fused-ring (bicyclic) bond motifs is 1. The Labute approximate surface area is 149 Å². The van der Waals surface area contributed by atoms with Crippen LogP contribution in [0, 0.1) is 13.8 Å².